The number of ether oxygens (including phenoxy) is 1. The van der Waals surface area contributed by atoms with Gasteiger partial charge < -0.3 is 4.74 Å². The van der Waals surface area contributed by atoms with Gasteiger partial charge in [0.15, 0.2) is 0 Å². The molecule has 0 N–H and O–H groups in total. The van der Waals surface area contributed by atoms with E-state index in [0.29, 0.717) is 5.56 Å². The molecule has 0 saturated carbocycles. The maximum absolute atomic E-state index is 12.6. The molecular formula is C24H20Cl2O2S. The van der Waals surface area contributed by atoms with Crippen molar-refractivity contribution in [2.24, 2.45) is 0 Å². The van der Waals surface area contributed by atoms with Crippen LogP contribution in [0.4, 0.5) is 0 Å². The van der Waals surface area contributed by atoms with Crippen LogP contribution < -0.4 is 0 Å². The summed E-state index contributed by atoms with van der Waals surface area (Å²) in [4.78, 5) is 12.6. The Balaban J connectivity index is 1.57. The van der Waals surface area contributed by atoms with Gasteiger partial charge in [-0.25, -0.2) is 4.79 Å². The van der Waals surface area contributed by atoms with Gasteiger partial charge in [0.05, 0.1) is 5.56 Å². The van der Waals surface area contributed by atoms with Gasteiger partial charge in [0.1, 0.15) is 6.10 Å². The van der Waals surface area contributed by atoms with E-state index < -0.39 is 0 Å². The number of hydrogen-bond donors (Lipinski definition) is 0. The topological polar surface area (TPSA) is 26.3 Å². The summed E-state index contributed by atoms with van der Waals surface area (Å²) in [6.45, 7) is 0. The third-order valence-corrected chi connectivity index (χ3v) is 7.14. The van der Waals surface area contributed by atoms with Gasteiger partial charge in [0, 0.05) is 33.4 Å². The van der Waals surface area contributed by atoms with Crippen molar-refractivity contribution >= 4 is 40.9 Å². The molecular weight excluding hydrogens is 423 g/mol. The van der Waals surface area contributed by atoms with Gasteiger partial charge in [-0.05, 0) is 47.5 Å². The SMILES string of the molecule is O=C(OC1CC(c2ccc(Cl)cc2)SC(c2ccc(Cl)cc2)C1)c1ccccc1. The second kappa shape index (κ2) is 9.25. The fraction of sp³-hybridized carbons (Fsp3) is 0.208. The Morgan fingerprint density at radius 1 is 0.759 bits per heavy atom. The highest BCUT2D eigenvalue weighted by Crippen LogP contribution is 2.51. The van der Waals surface area contributed by atoms with Crippen LogP contribution in [0.15, 0.2) is 78.9 Å². The average molecular weight is 443 g/mol. The van der Waals surface area contributed by atoms with Crippen molar-refractivity contribution in [1.29, 1.82) is 0 Å². The quantitative estimate of drug-likeness (QED) is 0.390. The van der Waals surface area contributed by atoms with Gasteiger partial charge in [-0.1, -0.05) is 65.7 Å². The van der Waals surface area contributed by atoms with Crippen molar-refractivity contribution in [1.82, 2.24) is 0 Å². The second-order valence-electron chi connectivity index (χ2n) is 7.08. The molecule has 0 radical (unpaired) electrons. The highest BCUT2D eigenvalue weighted by atomic mass is 35.5. The number of esters is 1. The molecule has 1 fully saturated rings. The van der Waals surface area contributed by atoms with E-state index in [0.717, 1.165) is 22.9 Å². The second-order valence-corrected chi connectivity index (χ2v) is 9.36. The minimum absolute atomic E-state index is 0.162. The number of halogens is 2. The summed E-state index contributed by atoms with van der Waals surface area (Å²) >= 11 is 14.0. The zero-order valence-corrected chi connectivity index (χ0v) is 18.0. The molecule has 0 spiro atoms. The van der Waals surface area contributed by atoms with Crippen molar-refractivity contribution < 1.29 is 9.53 Å². The fourth-order valence-electron chi connectivity index (χ4n) is 3.56. The Morgan fingerprint density at radius 2 is 1.24 bits per heavy atom. The van der Waals surface area contributed by atoms with Gasteiger partial charge in [-0.2, -0.15) is 0 Å². The van der Waals surface area contributed by atoms with Crippen molar-refractivity contribution in [3.63, 3.8) is 0 Å². The van der Waals surface area contributed by atoms with Crippen LogP contribution in [-0.2, 0) is 4.74 Å². The molecule has 0 aliphatic carbocycles. The first kappa shape index (κ1) is 20.3. The molecule has 148 valence electrons. The zero-order chi connectivity index (χ0) is 20.2. The lowest BCUT2D eigenvalue weighted by Gasteiger charge is -2.35. The van der Waals surface area contributed by atoms with E-state index in [4.69, 9.17) is 27.9 Å². The van der Waals surface area contributed by atoms with Crippen LogP contribution in [0.2, 0.25) is 10.0 Å². The average Bonchev–Trinajstić information content (AvgIpc) is 2.75. The van der Waals surface area contributed by atoms with Crippen molar-refractivity contribution in [3.05, 3.63) is 106 Å². The van der Waals surface area contributed by atoms with E-state index in [9.17, 15) is 4.79 Å². The van der Waals surface area contributed by atoms with E-state index >= 15 is 0 Å². The summed E-state index contributed by atoms with van der Waals surface area (Å²) in [7, 11) is 0. The van der Waals surface area contributed by atoms with Crippen molar-refractivity contribution in [2.75, 3.05) is 0 Å². The molecule has 2 unspecified atom stereocenters. The first-order chi connectivity index (χ1) is 14.1. The minimum Gasteiger partial charge on any atom is -0.459 e. The lowest BCUT2D eigenvalue weighted by Crippen LogP contribution is -2.26. The van der Waals surface area contributed by atoms with E-state index in [1.54, 1.807) is 12.1 Å². The van der Waals surface area contributed by atoms with Gasteiger partial charge in [-0.3, -0.25) is 0 Å². The largest absolute Gasteiger partial charge is 0.459 e. The zero-order valence-electron chi connectivity index (χ0n) is 15.6. The summed E-state index contributed by atoms with van der Waals surface area (Å²) in [6, 6.07) is 25.0. The van der Waals surface area contributed by atoms with Gasteiger partial charge in [0.25, 0.3) is 0 Å². The normalized spacial score (nSPS) is 21.5. The number of rotatable bonds is 4. The first-order valence-electron chi connectivity index (χ1n) is 9.51. The predicted octanol–water partition coefficient (Wildman–Crippen LogP) is 7.53. The summed E-state index contributed by atoms with van der Waals surface area (Å²) in [5.41, 5.74) is 2.97. The van der Waals surface area contributed by atoms with Gasteiger partial charge >= 0.3 is 5.97 Å². The molecule has 4 rings (SSSR count). The molecule has 3 aromatic carbocycles. The Bertz CT molecular complexity index is 905. The van der Waals surface area contributed by atoms with Crippen LogP contribution in [0.1, 0.15) is 44.8 Å². The molecule has 1 heterocycles. The Kier molecular flexibility index (Phi) is 6.49. The molecule has 5 heteroatoms. The van der Waals surface area contributed by atoms with Gasteiger partial charge in [0.2, 0.25) is 0 Å². The summed E-state index contributed by atoms with van der Waals surface area (Å²) in [5.74, 6) is -0.271. The van der Waals surface area contributed by atoms with Crippen LogP contribution in [-0.4, -0.2) is 12.1 Å². The monoisotopic (exact) mass is 442 g/mol. The number of carbonyl (C=O) groups excluding carboxylic acids is 1. The van der Waals surface area contributed by atoms with E-state index in [2.05, 4.69) is 24.3 Å². The van der Waals surface area contributed by atoms with Crippen molar-refractivity contribution in [3.8, 4) is 0 Å². The molecule has 0 bridgehead atoms. The minimum atomic E-state index is -0.271. The lowest BCUT2D eigenvalue weighted by atomic mass is 9.99. The van der Waals surface area contributed by atoms with Gasteiger partial charge in [-0.15, -0.1) is 11.8 Å². The Hall–Kier alpha value is -1.94. The van der Waals surface area contributed by atoms with Crippen LogP contribution >= 0.6 is 35.0 Å². The summed E-state index contributed by atoms with van der Waals surface area (Å²) < 4.78 is 5.92. The highest BCUT2D eigenvalue weighted by molar-refractivity contribution is 7.99. The Labute approximate surface area is 185 Å². The maximum Gasteiger partial charge on any atom is 0.338 e. The number of benzene rings is 3. The molecule has 1 aliphatic rings. The number of carbonyl (C=O) groups is 1. The molecule has 1 saturated heterocycles. The molecule has 29 heavy (non-hydrogen) atoms. The third kappa shape index (κ3) is 5.16. The Morgan fingerprint density at radius 3 is 1.72 bits per heavy atom. The highest BCUT2D eigenvalue weighted by Gasteiger charge is 2.33. The smallest absolute Gasteiger partial charge is 0.338 e. The third-order valence-electron chi connectivity index (χ3n) is 5.05. The maximum atomic E-state index is 12.6. The molecule has 0 aromatic heterocycles. The predicted molar refractivity (Wildman–Crippen MR) is 121 cm³/mol. The first-order valence-corrected chi connectivity index (χ1v) is 11.2. The van der Waals surface area contributed by atoms with E-state index in [1.165, 1.54) is 11.1 Å². The standard InChI is InChI=1S/C24H20Cl2O2S/c25-19-10-6-16(7-11-19)22-14-21(28-24(27)18-4-2-1-3-5-18)15-23(29-22)17-8-12-20(26)13-9-17/h1-13,21-23H,14-15H2. The number of thioether (sulfide) groups is 1. The van der Waals surface area contributed by atoms with E-state index in [-0.39, 0.29) is 22.6 Å². The fourth-order valence-corrected chi connectivity index (χ4v) is 5.49. The van der Waals surface area contributed by atoms with Crippen LogP contribution in [0.3, 0.4) is 0 Å². The summed E-state index contributed by atoms with van der Waals surface area (Å²) in [5, 5.41) is 1.87. The van der Waals surface area contributed by atoms with Crippen LogP contribution in [0.5, 0.6) is 0 Å². The van der Waals surface area contributed by atoms with E-state index in [1.807, 2.05) is 54.2 Å². The molecule has 2 atom stereocenters. The molecule has 2 nitrogen and oxygen atoms in total. The molecule has 0 amide bonds. The van der Waals surface area contributed by atoms with Crippen LogP contribution in [0, 0.1) is 0 Å². The molecule has 1 aliphatic heterocycles. The lowest BCUT2D eigenvalue weighted by molar-refractivity contribution is 0.0248. The summed E-state index contributed by atoms with van der Waals surface area (Å²) in [6.07, 6.45) is 1.38. The number of hydrogen-bond acceptors (Lipinski definition) is 3. The van der Waals surface area contributed by atoms with Crippen LogP contribution in [0.25, 0.3) is 0 Å². The van der Waals surface area contributed by atoms with Crippen molar-refractivity contribution in [2.45, 2.75) is 29.4 Å². The molecule has 3 aromatic rings.